The lowest BCUT2D eigenvalue weighted by Gasteiger charge is -2.08. The number of hydrogen-bond donors (Lipinski definition) is 1. The van der Waals surface area contributed by atoms with Crippen LogP contribution in [0.3, 0.4) is 0 Å². The second-order valence-electron chi connectivity index (χ2n) is 8.04. The van der Waals surface area contributed by atoms with Gasteiger partial charge in [0, 0.05) is 17.7 Å². The molecule has 1 aromatic heterocycles. The van der Waals surface area contributed by atoms with Crippen molar-refractivity contribution in [3.8, 4) is 22.9 Å². The maximum absolute atomic E-state index is 11.4. The number of aromatic nitrogens is 3. The van der Waals surface area contributed by atoms with Crippen LogP contribution in [0, 0.1) is 0 Å². The summed E-state index contributed by atoms with van der Waals surface area (Å²) in [4.78, 5) is 12.7. The Balaban J connectivity index is 1.33. The van der Waals surface area contributed by atoms with Crippen LogP contribution in [-0.4, -0.2) is 39.3 Å². The summed E-state index contributed by atoms with van der Waals surface area (Å²) in [6.45, 7) is 6.40. The van der Waals surface area contributed by atoms with Gasteiger partial charge in [0.25, 0.3) is 0 Å². The van der Waals surface area contributed by atoms with Gasteiger partial charge in [-0.3, -0.25) is 0 Å². The van der Waals surface area contributed by atoms with Gasteiger partial charge in [0.15, 0.2) is 0 Å². The molecule has 0 radical (unpaired) electrons. The van der Waals surface area contributed by atoms with Gasteiger partial charge in [0.2, 0.25) is 0 Å². The normalized spacial score (nSPS) is 10.8. The van der Waals surface area contributed by atoms with E-state index in [-0.39, 0.29) is 11.7 Å². The Kier molecular flexibility index (Phi) is 7.62. The van der Waals surface area contributed by atoms with Crippen molar-refractivity contribution < 1.29 is 24.1 Å². The van der Waals surface area contributed by atoms with Gasteiger partial charge in [0.1, 0.15) is 40.6 Å². The number of carbonyl (C=O) groups is 1. The highest BCUT2D eigenvalue weighted by molar-refractivity contribution is 5.86. The predicted octanol–water partition coefficient (Wildman–Crippen LogP) is 4.98. The third kappa shape index (κ3) is 6.38. The van der Waals surface area contributed by atoms with Gasteiger partial charge >= 0.3 is 5.97 Å². The molecule has 0 atom stereocenters. The standard InChI is InChI=1S/C27H27N3O5/c1-19(2)27(32)34-15-7-6-14-33-21-10-12-23-24(16-21)29-30(28-23)25-13-11-22(17-26(25)31)35-18-20-8-4-3-5-9-20/h3-5,8-13,16-17,31H,1,6-7,14-15,18H2,2H3. The third-order valence-corrected chi connectivity index (χ3v) is 5.15. The number of fused-ring (bicyclic) bond motifs is 1. The van der Waals surface area contributed by atoms with Crippen LogP contribution in [0.1, 0.15) is 25.3 Å². The van der Waals surface area contributed by atoms with E-state index in [0.29, 0.717) is 60.0 Å². The number of rotatable bonds is 11. The Hall–Kier alpha value is -4.33. The zero-order chi connectivity index (χ0) is 24.6. The van der Waals surface area contributed by atoms with Crippen molar-refractivity contribution in [3.05, 3.63) is 84.4 Å². The number of ether oxygens (including phenoxy) is 3. The number of phenolic OH excluding ortho intramolecular Hbond substituents is 1. The number of unbranched alkanes of at least 4 members (excludes halogenated alkanes) is 1. The van der Waals surface area contributed by atoms with E-state index in [4.69, 9.17) is 14.2 Å². The fourth-order valence-corrected chi connectivity index (χ4v) is 3.28. The summed E-state index contributed by atoms with van der Waals surface area (Å²) in [5, 5.41) is 19.5. The minimum atomic E-state index is -0.375. The van der Waals surface area contributed by atoms with Crippen LogP contribution in [0.25, 0.3) is 16.7 Å². The number of nitrogens with zero attached hydrogens (tertiary/aromatic N) is 3. The van der Waals surface area contributed by atoms with Crippen LogP contribution in [0.4, 0.5) is 0 Å². The highest BCUT2D eigenvalue weighted by Gasteiger charge is 2.11. The molecule has 8 heteroatoms. The molecule has 0 saturated heterocycles. The molecule has 0 saturated carbocycles. The molecule has 0 fully saturated rings. The van der Waals surface area contributed by atoms with Crippen molar-refractivity contribution in [2.75, 3.05) is 13.2 Å². The molecule has 4 rings (SSSR count). The van der Waals surface area contributed by atoms with Gasteiger partial charge in [-0.1, -0.05) is 36.9 Å². The molecule has 0 aliphatic heterocycles. The summed E-state index contributed by atoms with van der Waals surface area (Å²) < 4.78 is 16.6. The summed E-state index contributed by atoms with van der Waals surface area (Å²) in [5.41, 5.74) is 3.19. The lowest BCUT2D eigenvalue weighted by molar-refractivity contribution is -0.139. The molecule has 35 heavy (non-hydrogen) atoms. The van der Waals surface area contributed by atoms with Gasteiger partial charge in [-0.25, -0.2) is 4.79 Å². The second-order valence-corrected chi connectivity index (χ2v) is 8.04. The minimum Gasteiger partial charge on any atom is -0.505 e. The monoisotopic (exact) mass is 473 g/mol. The Morgan fingerprint density at radius 2 is 1.63 bits per heavy atom. The van der Waals surface area contributed by atoms with E-state index < -0.39 is 0 Å². The second kappa shape index (κ2) is 11.2. The average molecular weight is 474 g/mol. The smallest absolute Gasteiger partial charge is 0.333 e. The molecule has 0 aliphatic carbocycles. The number of hydrogen-bond acceptors (Lipinski definition) is 7. The molecule has 0 spiro atoms. The first-order valence-corrected chi connectivity index (χ1v) is 11.3. The fraction of sp³-hybridized carbons (Fsp3) is 0.222. The van der Waals surface area contributed by atoms with Crippen molar-refractivity contribution >= 4 is 17.0 Å². The fourth-order valence-electron chi connectivity index (χ4n) is 3.28. The molecule has 3 aromatic carbocycles. The minimum absolute atomic E-state index is 0.0136. The largest absolute Gasteiger partial charge is 0.505 e. The topological polar surface area (TPSA) is 95.7 Å². The van der Waals surface area contributed by atoms with E-state index in [1.807, 2.05) is 42.5 Å². The first-order chi connectivity index (χ1) is 17.0. The van der Waals surface area contributed by atoms with E-state index in [2.05, 4.69) is 16.8 Å². The van der Waals surface area contributed by atoms with Crippen LogP contribution in [0.2, 0.25) is 0 Å². The van der Waals surface area contributed by atoms with Crippen molar-refractivity contribution in [2.45, 2.75) is 26.4 Å². The number of esters is 1. The first kappa shape index (κ1) is 23.8. The zero-order valence-corrected chi connectivity index (χ0v) is 19.5. The van der Waals surface area contributed by atoms with Gasteiger partial charge < -0.3 is 19.3 Å². The van der Waals surface area contributed by atoms with E-state index in [1.54, 1.807) is 31.2 Å². The van der Waals surface area contributed by atoms with Crippen molar-refractivity contribution in [2.24, 2.45) is 0 Å². The van der Waals surface area contributed by atoms with Crippen LogP contribution < -0.4 is 9.47 Å². The lowest BCUT2D eigenvalue weighted by atomic mass is 10.2. The van der Waals surface area contributed by atoms with Crippen LogP contribution in [0.5, 0.6) is 17.2 Å². The molecule has 0 unspecified atom stereocenters. The number of aromatic hydroxyl groups is 1. The highest BCUT2D eigenvalue weighted by atomic mass is 16.5. The molecule has 8 nitrogen and oxygen atoms in total. The number of carbonyl (C=O) groups excluding carboxylic acids is 1. The van der Waals surface area contributed by atoms with Crippen molar-refractivity contribution in [1.29, 1.82) is 0 Å². The van der Waals surface area contributed by atoms with Gasteiger partial charge in [0.05, 0.1) is 13.2 Å². The predicted molar refractivity (Wildman–Crippen MR) is 132 cm³/mol. The van der Waals surface area contributed by atoms with Crippen molar-refractivity contribution in [3.63, 3.8) is 0 Å². The molecule has 0 amide bonds. The Morgan fingerprint density at radius 3 is 2.40 bits per heavy atom. The number of phenols is 1. The molecule has 4 aromatic rings. The maximum Gasteiger partial charge on any atom is 0.333 e. The Labute approximate surface area is 203 Å². The van der Waals surface area contributed by atoms with E-state index in [9.17, 15) is 9.90 Å². The number of benzene rings is 3. The summed E-state index contributed by atoms with van der Waals surface area (Å²) in [6.07, 6.45) is 1.43. The third-order valence-electron chi connectivity index (χ3n) is 5.15. The molecule has 1 heterocycles. The summed E-state index contributed by atoms with van der Waals surface area (Å²) in [5.74, 6) is 0.855. The Bertz CT molecular complexity index is 1320. The van der Waals surface area contributed by atoms with Gasteiger partial charge in [-0.15, -0.1) is 15.0 Å². The first-order valence-electron chi connectivity index (χ1n) is 11.3. The van der Waals surface area contributed by atoms with Gasteiger partial charge in [-0.2, -0.15) is 0 Å². The van der Waals surface area contributed by atoms with E-state index in [0.717, 1.165) is 12.0 Å². The molecule has 0 bridgehead atoms. The molecule has 0 aliphatic rings. The highest BCUT2D eigenvalue weighted by Crippen LogP contribution is 2.28. The van der Waals surface area contributed by atoms with Crippen molar-refractivity contribution in [1.82, 2.24) is 15.0 Å². The summed E-state index contributed by atoms with van der Waals surface area (Å²) in [7, 11) is 0. The van der Waals surface area contributed by atoms with Crippen LogP contribution in [0.15, 0.2) is 78.9 Å². The van der Waals surface area contributed by atoms with Gasteiger partial charge in [-0.05, 0) is 49.6 Å². The molecule has 180 valence electrons. The van der Waals surface area contributed by atoms with E-state index >= 15 is 0 Å². The van der Waals surface area contributed by atoms with Crippen LogP contribution in [-0.2, 0) is 16.1 Å². The average Bonchev–Trinajstić information content (AvgIpc) is 3.28. The zero-order valence-electron chi connectivity index (χ0n) is 19.5. The molecular weight excluding hydrogens is 446 g/mol. The molecular formula is C27H27N3O5. The summed E-state index contributed by atoms with van der Waals surface area (Å²) >= 11 is 0. The summed E-state index contributed by atoms with van der Waals surface area (Å²) in [6, 6.07) is 20.3. The van der Waals surface area contributed by atoms with Crippen LogP contribution >= 0.6 is 0 Å². The van der Waals surface area contributed by atoms with E-state index in [1.165, 1.54) is 4.80 Å². The maximum atomic E-state index is 11.4. The quantitative estimate of drug-likeness (QED) is 0.186. The molecule has 1 N–H and O–H groups in total. The Morgan fingerprint density at radius 1 is 0.914 bits per heavy atom. The lowest BCUT2D eigenvalue weighted by Crippen LogP contribution is -2.07. The SMILES string of the molecule is C=C(C)C(=O)OCCCCOc1ccc2nn(-c3ccc(OCc4ccccc4)cc3O)nc2c1.